The zero-order valence-corrected chi connectivity index (χ0v) is 15.2. The van der Waals surface area contributed by atoms with Crippen molar-refractivity contribution >= 4 is 5.69 Å². The summed E-state index contributed by atoms with van der Waals surface area (Å²) in [6, 6.07) is 16.0. The third kappa shape index (κ3) is 4.42. The predicted octanol–water partition coefficient (Wildman–Crippen LogP) is 4.68. The van der Waals surface area contributed by atoms with Gasteiger partial charge in [-0.1, -0.05) is 37.3 Å². The summed E-state index contributed by atoms with van der Waals surface area (Å²) < 4.78 is 39.9. The number of halogens is 3. The topological polar surface area (TPSA) is 30.3 Å². The molecular weight excluding hydrogens is 351 g/mol. The van der Waals surface area contributed by atoms with Gasteiger partial charge >= 0.3 is 6.18 Å². The maximum absolute atomic E-state index is 13.3. The van der Waals surface area contributed by atoms with Gasteiger partial charge in [0.1, 0.15) is 0 Å². The van der Waals surface area contributed by atoms with E-state index in [0.29, 0.717) is 12.2 Å². The molecule has 1 heterocycles. The van der Waals surface area contributed by atoms with Gasteiger partial charge in [-0.15, -0.1) is 0 Å². The van der Waals surface area contributed by atoms with E-state index in [1.54, 1.807) is 12.1 Å². The first kappa shape index (κ1) is 19.2. The van der Waals surface area contributed by atoms with E-state index in [9.17, 15) is 13.2 Å². The Morgan fingerprint density at radius 3 is 2.48 bits per heavy atom. The van der Waals surface area contributed by atoms with Crippen LogP contribution in [0.3, 0.4) is 0 Å². The van der Waals surface area contributed by atoms with Crippen LogP contribution in [-0.2, 0) is 12.7 Å². The second kappa shape index (κ2) is 8.01. The molecule has 1 unspecified atom stereocenters. The van der Waals surface area contributed by atoms with E-state index in [1.807, 2.05) is 23.1 Å². The molecule has 0 amide bonds. The van der Waals surface area contributed by atoms with Gasteiger partial charge < -0.3 is 4.90 Å². The van der Waals surface area contributed by atoms with E-state index in [1.165, 1.54) is 11.6 Å². The zero-order valence-electron chi connectivity index (χ0n) is 15.2. The molecule has 0 radical (unpaired) electrons. The second-order valence-electron chi connectivity index (χ2n) is 6.82. The summed E-state index contributed by atoms with van der Waals surface area (Å²) in [6.45, 7) is 5.14. The maximum Gasteiger partial charge on any atom is 0.417 e. The highest BCUT2D eigenvalue weighted by Gasteiger charge is 2.35. The van der Waals surface area contributed by atoms with Gasteiger partial charge in [-0.2, -0.15) is 18.4 Å². The summed E-state index contributed by atoms with van der Waals surface area (Å²) in [4.78, 5) is 4.38. The highest BCUT2D eigenvalue weighted by Crippen LogP contribution is 2.35. The average molecular weight is 373 g/mol. The van der Waals surface area contributed by atoms with Crippen LogP contribution in [-0.4, -0.2) is 30.6 Å². The minimum atomic E-state index is -4.53. The fourth-order valence-electron chi connectivity index (χ4n) is 3.64. The highest BCUT2D eigenvalue weighted by molar-refractivity contribution is 5.55. The van der Waals surface area contributed by atoms with Crippen molar-refractivity contribution < 1.29 is 13.2 Å². The van der Waals surface area contributed by atoms with Crippen molar-refractivity contribution in [3.63, 3.8) is 0 Å². The van der Waals surface area contributed by atoms with Crippen molar-refractivity contribution in [1.29, 1.82) is 5.26 Å². The van der Waals surface area contributed by atoms with E-state index < -0.39 is 11.7 Å². The second-order valence-corrected chi connectivity index (χ2v) is 6.82. The van der Waals surface area contributed by atoms with Crippen molar-refractivity contribution in [1.82, 2.24) is 4.90 Å². The van der Waals surface area contributed by atoms with Gasteiger partial charge in [0.2, 0.25) is 0 Å². The third-order valence-electron chi connectivity index (χ3n) is 5.05. The Kier molecular flexibility index (Phi) is 5.71. The minimum Gasteiger partial charge on any atom is -0.366 e. The molecule has 0 aliphatic carbocycles. The van der Waals surface area contributed by atoms with Crippen LogP contribution >= 0.6 is 0 Å². The molecule has 1 aliphatic heterocycles. The summed E-state index contributed by atoms with van der Waals surface area (Å²) in [5.41, 5.74) is 0.581. The lowest BCUT2D eigenvalue weighted by molar-refractivity contribution is -0.137. The van der Waals surface area contributed by atoms with Gasteiger partial charge in [0.05, 0.1) is 17.2 Å². The number of alkyl halides is 3. The Balaban J connectivity index is 1.79. The van der Waals surface area contributed by atoms with Crippen LogP contribution in [0.15, 0.2) is 48.5 Å². The molecule has 1 fully saturated rings. The van der Waals surface area contributed by atoms with Gasteiger partial charge in [-0.3, -0.25) is 4.90 Å². The number of benzene rings is 2. The molecule has 27 heavy (non-hydrogen) atoms. The molecule has 0 N–H and O–H groups in total. The molecule has 6 heteroatoms. The average Bonchev–Trinajstić information content (AvgIpc) is 2.67. The lowest BCUT2D eigenvalue weighted by atomic mass is 10.0. The van der Waals surface area contributed by atoms with Crippen molar-refractivity contribution in [2.75, 3.05) is 24.5 Å². The minimum absolute atomic E-state index is 0.136. The molecule has 2 aromatic rings. The maximum atomic E-state index is 13.3. The standard InChI is InChI=1S/C21H22F3N3/c1-2-18-15-26(14-16-6-4-3-5-7-16)10-11-27(18)19-9-8-17(13-25)20(12-19)21(22,23)24/h3-9,12,18H,2,10-11,14-15H2,1H3. The number of nitriles is 1. The van der Waals surface area contributed by atoms with E-state index in [4.69, 9.17) is 5.26 Å². The molecule has 1 aliphatic rings. The quantitative estimate of drug-likeness (QED) is 0.780. The van der Waals surface area contributed by atoms with Crippen LogP contribution in [0.25, 0.3) is 0 Å². The molecule has 142 valence electrons. The molecule has 3 nitrogen and oxygen atoms in total. The molecule has 0 saturated carbocycles. The lowest BCUT2D eigenvalue weighted by Crippen LogP contribution is -2.52. The Morgan fingerprint density at radius 2 is 1.85 bits per heavy atom. The van der Waals surface area contributed by atoms with Crippen LogP contribution in [0.2, 0.25) is 0 Å². The molecule has 1 saturated heterocycles. The van der Waals surface area contributed by atoms with E-state index in [2.05, 4.69) is 24.0 Å². The Hall–Kier alpha value is -2.52. The van der Waals surface area contributed by atoms with Crippen LogP contribution in [0.1, 0.15) is 30.0 Å². The van der Waals surface area contributed by atoms with Gasteiger partial charge in [-0.05, 0) is 30.2 Å². The lowest BCUT2D eigenvalue weighted by Gasteiger charge is -2.43. The number of hydrogen-bond acceptors (Lipinski definition) is 3. The van der Waals surface area contributed by atoms with Gasteiger partial charge in [0.15, 0.2) is 0 Å². The van der Waals surface area contributed by atoms with Crippen LogP contribution in [0, 0.1) is 11.3 Å². The van der Waals surface area contributed by atoms with Crippen molar-refractivity contribution in [3.8, 4) is 6.07 Å². The molecule has 0 bridgehead atoms. The Labute approximate surface area is 157 Å². The fraction of sp³-hybridized carbons (Fsp3) is 0.381. The highest BCUT2D eigenvalue weighted by atomic mass is 19.4. The normalized spacial score (nSPS) is 18.3. The fourth-order valence-corrected chi connectivity index (χ4v) is 3.64. The zero-order chi connectivity index (χ0) is 19.4. The summed E-state index contributed by atoms with van der Waals surface area (Å²) in [5.74, 6) is 0. The van der Waals surface area contributed by atoms with Gasteiger partial charge in [0.25, 0.3) is 0 Å². The Morgan fingerprint density at radius 1 is 1.11 bits per heavy atom. The molecule has 3 rings (SSSR count). The molecular formula is C21H22F3N3. The summed E-state index contributed by atoms with van der Waals surface area (Å²) >= 11 is 0. The summed E-state index contributed by atoms with van der Waals surface area (Å²) in [7, 11) is 0. The number of anilines is 1. The molecule has 0 spiro atoms. The first-order chi connectivity index (χ1) is 12.9. The van der Waals surface area contributed by atoms with Crippen molar-refractivity contribution in [3.05, 3.63) is 65.2 Å². The molecule has 2 aromatic carbocycles. The first-order valence-corrected chi connectivity index (χ1v) is 9.06. The number of hydrogen-bond donors (Lipinski definition) is 0. The number of rotatable bonds is 4. The summed E-state index contributed by atoms with van der Waals surface area (Å²) in [5, 5.41) is 8.99. The van der Waals surface area contributed by atoms with Crippen LogP contribution in [0.4, 0.5) is 18.9 Å². The number of nitrogens with zero attached hydrogens (tertiary/aromatic N) is 3. The number of piperazine rings is 1. The SMILES string of the molecule is CCC1CN(Cc2ccccc2)CCN1c1ccc(C#N)c(C(F)(F)F)c1. The van der Waals surface area contributed by atoms with E-state index >= 15 is 0 Å². The van der Waals surface area contributed by atoms with Gasteiger partial charge in [-0.25, -0.2) is 0 Å². The van der Waals surface area contributed by atoms with Crippen molar-refractivity contribution in [2.45, 2.75) is 32.1 Å². The Bertz CT molecular complexity index is 812. The largest absolute Gasteiger partial charge is 0.417 e. The smallest absolute Gasteiger partial charge is 0.366 e. The van der Waals surface area contributed by atoms with E-state index in [0.717, 1.165) is 32.1 Å². The summed E-state index contributed by atoms with van der Waals surface area (Å²) in [6.07, 6.45) is -3.69. The predicted molar refractivity (Wildman–Crippen MR) is 99.3 cm³/mol. The van der Waals surface area contributed by atoms with Crippen LogP contribution < -0.4 is 4.90 Å². The van der Waals surface area contributed by atoms with Gasteiger partial charge in [0, 0.05) is 37.9 Å². The first-order valence-electron chi connectivity index (χ1n) is 9.06. The molecule has 0 aromatic heterocycles. The van der Waals surface area contributed by atoms with Crippen molar-refractivity contribution in [2.24, 2.45) is 0 Å². The van der Waals surface area contributed by atoms with E-state index in [-0.39, 0.29) is 11.6 Å². The molecule has 1 atom stereocenters. The van der Waals surface area contributed by atoms with Crippen LogP contribution in [0.5, 0.6) is 0 Å². The third-order valence-corrected chi connectivity index (χ3v) is 5.05. The monoisotopic (exact) mass is 373 g/mol.